The molecule has 0 saturated carbocycles. The summed E-state index contributed by atoms with van der Waals surface area (Å²) in [7, 11) is 3.16. The predicted molar refractivity (Wildman–Crippen MR) is 112 cm³/mol. The molecule has 0 aromatic heterocycles. The van der Waals surface area contributed by atoms with E-state index in [1.807, 2.05) is 29.2 Å². The van der Waals surface area contributed by atoms with Crippen molar-refractivity contribution in [2.75, 3.05) is 53.6 Å². The monoisotopic (exact) mass is 399 g/mol. The van der Waals surface area contributed by atoms with Crippen molar-refractivity contribution in [1.29, 1.82) is 0 Å². The number of nitrogens with one attached hydrogen (secondary N) is 1. The highest BCUT2D eigenvalue weighted by molar-refractivity contribution is 5.74. The molecule has 2 aromatic rings. The van der Waals surface area contributed by atoms with Crippen molar-refractivity contribution in [3.63, 3.8) is 0 Å². The summed E-state index contributed by atoms with van der Waals surface area (Å²) in [6.07, 6.45) is 0. The normalized spacial score (nSPS) is 14.3. The van der Waals surface area contributed by atoms with Crippen molar-refractivity contribution in [1.82, 2.24) is 15.1 Å². The summed E-state index contributed by atoms with van der Waals surface area (Å²) in [5.74, 6) is 1.76. The molecular formula is C22H29N3O4. The number of urea groups is 1. The third kappa shape index (κ3) is 5.77. The van der Waals surface area contributed by atoms with Gasteiger partial charge >= 0.3 is 6.03 Å². The maximum absolute atomic E-state index is 12.4. The minimum Gasteiger partial charge on any atom is -0.493 e. The third-order valence-corrected chi connectivity index (χ3v) is 4.91. The molecule has 7 heteroatoms. The Kier molecular flexibility index (Phi) is 7.58. The van der Waals surface area contributed by atoms with Crippen LogP contribution in [0.1, 0.15) is 5.56 Å². The van der Waals surface area contributed by atoms with Crippen molar-refractivity contribution < 1.29 is 19.0 Å². The smallest absolute Gasteiger partial charge is 0.317 e. The Hall–Kier alpha value is -2.93. The molecule has 0 atom stereocenters. The summed E-state index contributed by atoms with van der Waals surface area (Å²) >= 11 is 0. The zero-order valence-corrected chi connectivity index (χ0v) is 17.1. The first-order valence-corrected chi connectivity index (χ1v) is 9.84. The molecule has 0 radical (unpaired) electrons. The topological polar surface area (TPSA) is 63.3 Å². The van der Waals surface area contributed by atoms with E-state index in [4.69, 9.17) is 14.2 Å². The molecule has 3 rings (SSSR count). The van der Waals surface area contributed by atoms with E-state index in [2.05, 4.69) is 34.5 Å². The fourth-order valence-electron chi connectivity index (χ4n) is 3.35. The first-order valence-electron chi connectivity index (χ1n) is 9.84. The Morgan fingerprint density at radius 2 is 1.66 bits per heavy atom. The van der Waals surface area contributed by atoms with Gasteiger partial charge in [-0.2, -0.15) is 0 Å². The summed E-state index contributed by atoms with van der Waals surface area (Å²) in [6, 6.07) is 15.8. The number of carbonyl (C=O) groups excluding carboxylic acids is 1. The van der Waals surface area contributed by atoms with Gasteiger partial charge in [0.05, 0.1) is 20.8 Å². The quantitative estimate of drug-likeness (QED) is 0.692. The highest BCUT2D eigenvalue weighted by Gasteiger charge is 2.20. The molecule has 156 valence electrons. The molecule has 1 heterocycles. The van der Waals surface area contributed by atoms with Crippen molar-refractivity contribution in [3.8, 4) is 17.2 Å². The molecule has 0 aliphatic carbocycles. The number of methoxy groups -OCH3 is 2. The fraction of sp³-hybridized carbons (Fsp3) is 0.409. The number of hydrogen-bond acceptors (Lipinski definition) is 5. The van der Waals surface area contributed by atoms with Gasteiger partial charge in [0.25, 0.3) is 0 Å². The highest BCUT2D eigenvalue weighted by Crippen LogP contribution is 2.36. The number of ether oxygens (including phenoxy) is 3. The van der Waals surface area contributed by atoms with Gasteiger partial charge in [-0.25, -0.2) is 4.79 Å². The second kappa shape index (κ2) is 10.6. The van der Waals surface area contributed by atoms with Crippen molar-refractivity contribution in [2.45, 2.75) is 6.54 Å². The Balaban J connectivity index is 1.38. The number of amides is 2. The molecule has 0 spiro atoms. The van der Waals surface area contributed by atoms with Crippen LogP contribution in [0, 0.1) is 0 Å². The second-order valence-electron chi connectivity index (χ2n) is 6.82. The number of carbonyl (C=O) groups is 1. The Bertz CT molecular complexity index is 777. The second-order valence-corrected chi connectivity index (χ2v) is 6.82. The molecule has 1 aliphatic heterocycles. The molecule has 2 amide bonds. The molecule has 7 nitrogen and oxygen atoms in total. The van der Waals surface area contributed by atoms with Gasteiger partial charge in [0.15, 0.2) is 11.5 Å². The van der Waals surface area contributed by atoms with Crippen molar-refractivity contribution in [2.24, 2.45) is 0 Å². The highest BCUT2D eigenvalue weighted by atomic mass is 16.5. The lowest BCUT2D eigenvalue weighted by Gasteiger charge is -2.34. The van der Waals surface area contributed by atoms with E-state index < -0.39 is 0 Å². The summed E-state index contributed by atoms with van der Waals surface area (Å²) in [5, 5.41) is 2.92. The van der Waals surface area contributed by atoms with E-state index >= 15 is 0 Å². The van der Waals surface area contributed by atoms with E-state index in [1.54, 1.807) is 14.2 Å². The van der Waals surface area contributed by atoms with Crippen LogP contribution >= 0.6 is 0 Å². The minimum absolute atomic E-state index is 0.0504. The van der Waals surface area contributed by atoms with Gasteiger partial charge in [-0.1, -0.05) is 36.4 Å². The standard InChI is InChI=1S/C22H29N3O4/c1-27-19-9-6-10-20(21(19)28-2)29-16-11-23-22(26)25-14-12-24(13-15-25)17-18-7-4-3-5-8-18/h3-10H,11-17H2,1-2H3,(H,23,26). The molecule has 0 bridgehead atoms. The van der Waals surface area contributed by atoms with Crippen LogP contribution in [0.4, 0.5) is 4.79 Å². The van der Waals surface area contributed by atoms with Crippen LogP contribution in [-0.4, -0.2) is 69.4 Å². The van der Waals surface area contributed by atoms with Gasteiger partial charge in [0, 0.05) is 32.7 Å². The van der Waals surface area contributed by atoms with Crippen LogP contribution in [0.25, 0.3) is 0 Å². The number of nitrogens with zero attached hydrogens (tertiary/aromatic N) is 2. The largest absolute Gasteiger partial charge is 0.493 e. The van der Waals surface area contributed by atoms with Crippen LogP contribution in [0.3, 0.4) is 0 Å². The average molecular weight is 399 g/mol. The Labute approximate surface area is 172 Å². The number of benzene rings is 2. The first kappa shape index (κ1) is 20.8. The van der Waals surface area contributed by atoms with Gasteiger partial charge in [-0.05, 0) is 17.7 Å². The minimum atomic E-state index is -0.0504. The van der Waals surface area contributed by atoms with Gasteiger partial charge in [0.1, 0.15) is 6.61 Å². The number of hydrogen-bond donors (Lipinski definition) is 1. The van der Waals surface area contributed by atoms with Gasteiger partial charge in [0.2, 0.25) is 5.75 Å². The molecule has 1 saturated heterocycles. The lowest BCUT2D eigenvalue weighted by atomic mass is 10.2. The SMILES string of the molecule is COc1cccc(OCCNC(=O)N2CCN(Cc3ccccc3)CC2)c1OC. The van der Waals surface area contributed by atoms with Gasteiger partial charge in [-0.15, -0.1) is 0 Å². The summed E-state index contributed by atoms with van der Waals surface area (Å²) < 4.78 is 16.3. The molecule has 1 aliphatic rings. The third-order valence-electron chi connectivity index (χ3n) is 4.91. The van der Waals surface area contributed by atoms with Crippen LogP contribution in [0.15, 0.2) is 48.5 Å². The maximum atomic E-state index is 12.4. The lowest BCUT2D eigenvalue weighted by Crippen LogP contribution is -2.51. The fourth-order valence-corrected chi connectivity index (χ4v) is 3.35. The molecule has 1 N–H and O–H groups in total. The number of piperazine rings is 1. The van der Waals surface area contributed by atoms with E-state index in [0.717, 1.165) is 32.7 Å². The average Bonchev–Trinajstić information content (AvgIpc) is 2.77. The van der Waals surface area contributed by atoms with Crippen LogP contribution in [0.2, 0.25) is 0 Å². The zero-order valence-electron chi connectivity index (χ0n) is 17.1. The summed E-state index contributed by atoms with van der Waals surface area (Å²) in [5.41, 5.74) is 1.30. The zero-order chi connectivity index (χ0) is 20.5. The van der Waals surface area contributed by atoms with Gasteiger partial charge < -0.3 is 24.4 Å². The molecular weight excluding hydrogens is 370 g/mol. The van der Waals surface area contributed by atoms with E-state index in [0.29, 0.717) is 30.4 Å². The van der Waals surface area contributed by atoms with E-state index in [-0.39, 0.29) is 6.03 Å². The number of para-hydroxylation sites is 1. The summed E-state index contributed by atoms with van der Waals surface area (Å²) in [6.45, 7) is 4.89. The van der Waals surface area contributed by atoms with Crippen LogP contribution in [0.5, 0.6) is 17.2 Å². The molecule has 2 aromatic carbocycles. The molecule has 0 unspecified atom stereocenters. The molecule has 1 fully saturated rings. The number of rotatable bonds is 8. The van der Waals surface area contributed by atoms with Gasteiger partial charge in [-0.3, -0.25) is 4.90 Å². The Morgan fingerprint density at radius 1 is 0.931 bits per heavy atom. The molecule has 29 heavy (non-hydrogen) atoms. The van der Waals surface area contributed by atoms with Crippen molar-refractivity contribution in [3.05, 3.63) is 54.1 Å². The predicted octanol–water partition coefficient (Wildman–Crippen LogP) is 2.61. The first-order chi connectivity index (χ1) is 14.2. The van der Waals surface area contributed by atoms with E-state index in [9.17, 15) is 4.79 Å². The Morgan fingerprint density at radius 3 is 2.34 bits per heavy atom. The van der Waals surface area contributed by atoms with Crippen molar-refractivity contribution >= 4 is 6.03 Å². The maximum Gasteiger partial charge on any atom is 0.317 e. The van der Waals surface area contributed by atoms with Crippen LogP contribution < -0.4 is 19.5 Å². The van der Waals surface area contributed by atoms with Crippen LogP contribution in [-0.2, 0) is 6.54 Å². The van der Waals surface area contributed by atoms with E-state index in [1.165, 1.54) is 5.56 Å². The summed E-state index contributed by atoms with van der Waals surface area (Å²) in [4.78, 5) is 16.6. The lowest BCUT2D eigenvalue weighted by molar-refractivity contribution is 0.134.